The van der Waals surface area contributed by atoms with Gasteiger partial charge in [0.1, 0.15) is 5.82 Å². The van der Waals surface area contributed by atoms with Gasteiger partial charge in [0.2, 0.25) is 0 Å². The number of imidazole rings is 1. The van der Waals surface area contributed by atoms with Gasteiger partial charge in [0.25, 0.3) is 0 Å². The average Bonchev–Trinajstić information content (AvgIpc) is 3.95. The fourth-order valence-electron chi connectivity index (χ4n) is 10.8. The molecule has 67 heavy (non-hydrogen) atoms. The van der Waals surface area contributed by atoms with Gasteiger partial charge in [-0.05, 0) is 116 Å². The number of hydrogen-bond donors (Lipinski definition) is 0. The van der Waals surface area contributed by atoms with Crippen LogP contribution in [-0.4, -0.2) is 9.55 Å². The van der Waals surface area contributed by atoms with Crippen molar-refractivity contribution in [1.82, 2.24) is 14.5 Å². The minimum atomic E-state index is -0.0620. The molecule has 0 unspecified atom stereocenters. The molecule has 0 aliphatic heterocycles. The molecule has 0 saturated heterocycles. The topological polar surface area (TPSA) is 45.3 Å². The van der Waals surface area contributed by atoms with E-state index in [-0.39, 0.29) is 26.5 Å². The van der Waals surface area contributed by atoms with Gasteiger partial charge in [0.15, 0.2) is 0 Å². The van der Waals surface area contributed by atoms with E-state index >= 15 is 0 Å². The van der Waals surface area contributed by atoms with Gasteiger partial charge in [-0.25, -0.2) is 4.98 Å². The molecule has 0 N–H and O–H groups in total. The first-order valence-electron chi connectivity index (χ1n) is 22.7. The van der Waals surface area contributed by atoms with Crippen LogP contribution >= 0.6 is 11.3 Å². The molecule has 7 heteroatoms. The number of thiophene rings is 1. The van der Waals surface area contributed by atoms with Crippen molar-refractivity contribution in [3.05, 3.63) is 179 Å². The molecule has 0 amide bonds. The van der Waals surface area contributed by atoms with Gasteiger partial charge >= 0.3 is 0 Å². The zero-order chi connectivity index (χ0) is 45.3. The van der Waals surface area contributed by atoms with E-state index in [0.717, 1.165) is 71.9 Å². The molecule has 5 nitrogen and oxygen atoms in total. The summed E-state index contributed by atoms with van der Waals surface area (Å²) in [5.74, 6) is 2.04. The average molecular weight is 1070 g/mol. The molecular weight excluding hydrogens is 1020 g/mol. The maximum Gasteiger partial charge on any atom is 0.135 e. The predicted octanol–water partition coefficient (Wildman–Crippen LogP) is 15.4. The van der Waals surface area contributed by atoms with Crippen molar-refractivity contribution in [1.29, 1.82) is 0 Å². The molecule has 5 heterocycles. The van der Waals surface area contributed by atoms with Crippen molar-refractivity contribution < 1.29 is 30.2 Å². The summed E-state index contributed by atoms with van der Waals surface area (Å²) in [5.41, 5.74) is 16.9. The third-order valence-electron chi connectivity index (χ3n) is 13.5. The number of benzene rings is 7. The van der Waals surface area contributed by atoms with E-state index in [9.17, 15) is 0 Å². The number of fused-ring (bicyclic) bond motifs is 13. The van der Waals surface area contributed by atoms with Crippen molar-refractivity contribution in [2.45, 2.75) is 67.7 Å². The van der Waals surface area contributed by atoms with E-state index < -0.39 is 0 Å². The molecular formula is C60H48N4OPtS-2. The second kappa shape index (κ2) is 15.8. The van der Waals surface area contributed by atoms with Gasteiger partial charge in [-0.2, -0.15) is 6.07 Å². The van der Waals surface area contributed by atoms with Crippen LogP contribution in [0.5, 0.6) is 11.5 Å². The number of nitrogens with zero attached hydrogens (tertiary/aromatic N) is 4. The summed E-state index contributed by atoms with van der Waals surface area (Å²) in [6.45, 7) is 20.0. The van der Waals surface area contributed by atoms with E-state index in [4.69, 9.17) is 14.7 Å². The molecule has 332 valence electrons. The van der Waals surface area contributed by atoms with Gasteiger partial charge in [0.05, 0.1) is 22.6 Å². The SMILES string of the molecule is Cc1cc(C)c(-c2[n-]c3c4[c-]c(Oc5[c-]c6c(cc5)c5ccc7sc8ccccc8c7c5n6-c5cc(C(C)(C)C)ccn5)ccc4c4ccccc4[n+]3c2-c2c(C)cc(C)cc2C)c(C)c1.[Pt]. The van der Waals surface area contributed by atoms with Crippen LogP contribution in [0.25, 0.3) is 97.6 Å². The fraction of sp³-hybridized carbons (Fsp3) is 0.167. The normalized spacial score (nSPS) is 12.1. The molecule has 5 aromatic heterocycles. The number of aryl methyl sites for hydroxylation is 6. The number of aromatic nitrogens is 4. The summed E-state index contributed by atoms with van der Waals surface area (Å²) in [6, 6.07) is 51.3. The number of para-hydroxylation sites is 1. The summed E-state index contributed by atoms with van der Waals surface area (Å²) >= 11 is 1.83. The number of ether oxygens (including phenoxy) is 1. The third kappa shape index (κ3) is 6.74. The van der Waals surface area contributed by atoms with E-state index in [1.54, 1.807) is 0 Å². The Morgan fingerprint density at radius 1 is 0.627 bits per heavy atom. The van der Waals surface area contributed by atoms with Gasteiger partial charge in [-0.1, -0.05) is 121 Å². The van der Waals surface area contributed by atoms with Crippen molar-refractivity contribution >= 4 is 80.6 Å². The van der Waals surface area contributed by atoms with Crippen molar-refractivity contribution in [3.8, 4) is 39.8 Å². The Morgan fingerprint density at radius 3 is 1.97 bits per heavy atom. The Hall–Kier alpha value is -6.59. The zero-order valence-electron chi connectivity index (χ0n) is 39.0. The number of rotatable bonds is 5. The van der Waals surface area contributed by atoms with Crippen LogP contribution in [0.2, 0.25) is 0 Å². The van der Waals surface area contributed by atoms with Crippen LogP contribution in [-0.2, 0) is 26.5 Å². The van der Waals surface area contributed by atoms with Crippen molar-refractivity contribution in [3.63, 3.8) is 0 Å². The molecule has 12 aromatic rings. The summed E-state index contributed by atoms with van der Waals surface area (Å²) in [4.78, 5) is 10.7. The van der Waals surface area contributed by atoms with Crippen LogP contribution in [0.3, 0.4) is 0 Å². The molecule has 12 rings (SSSR count). The van der Waals surface area contributed by atoms with Gasteiger partial charge < -0.3 is 13.7 Å². The largest absolute Gasteiger partial charge is 0.503 e. The summed E-state index contributed by atoms with van der Waals surface area (Å²) in [6.07, 6.45) is 1.93. The first kappa shape index (κ1) is 43.0. The molecule has 0 spiro atoms. The van der Waals surface area contributed by atoms with Gasteiger partial charge in [-0.15, -0.1) is 41.0 Å². The van der Waals surface area contributed by atoms with Crippen LogP contribution in [0.4, 0.5) is 0 Å². The Morgan fingerprint density at radius 2 is 1.25 bits per heavy atom. The van der Waals surface area contributed by atoms with E-state index in [0.29, 0.717) is 11.5 Å². The Balaban J connectivity index is 0.00000494. The molecule has 0 fully saturated rings. The van der Waals surface area contributed by atoms with Crippen molar-refractivity contribution in [2.24, 2.45) is 0 Å². The Bertz CT molecular complexity index is 3990. The molecule has 0 bridgehead atoms. The number of hydrogen-bond acceptors (Lipinski definition) is 3. The molecule has 0 aliphatic carbocycles. The monoisotopic (exact) mass is 1070 g/mol. The predicted molar refractivity (Wildman–Crippen MR) is 275 cm³/mol. The Labute approximate surface area is 409 Å². The van der Waals surface area contributed by atoms with E-state index in [1.165, 1.54) is 64.7 Å². The number of pyridine rings is 2. The first-order chi connectivity index (χ1) is 31.8. The maximum absolute atomic E-state index is 6.89. The van der Waals surface area contributed by atoms with Crippen LogP contribution in [0.15, 0.2) is 128 Å². The quantitative estimate of drug-likeness (QED) is 0.0980. The van der Waals surface area contributed by atoms with Gasteiger partial charge in [0, 0.05) is 75.6 Å². The standard InChI is InChI=1S/C60H48N4OS.Pt/c1-33-26-35(3)53(36(4)27-33)56-58(54-37(5)28-34(2)29-38(54)6)64-48-16-12-10-14-43(48)42-20-18-40(31-47(42)59(64)62-56)65-41-19-21-44-45-22-23-51-55(46-15-11-13-17-50(46)66-51)57(45)63(49(44)32-41)52-30-39(24-25-61-52)60(7,8)9;/h10-30H,1-9H3;/q-2;. The minimum Gasteiger partial charge on any atom is -0.503 e. The fourth-order valence-corrected chi connectivity index (χ4v) is 11.9. The molecule has 0 saturated carbocycles. The van der Waals surface area contributed by atoms with Crippen molar-refractivity contribution in [2.75, 3.05) is 0 Å². The maximum atomic E-state index is 6.89. The summed E-state index contributed by atoms with van der Waals surface area (Å²) < 4.78 is 14.1. The summed E-state index contributed by atoms with van der Waals surface area (Å²) in [7, 11) is 0. The first-order valence-corrected chi connectivity index (χ1v) is 23.5. The van der Waals surface area contributed by atoms with Crippen LogP contribution in [0.1, 0.15) is 59.7 Å². The second-order valence-electron chi connectivity index (χ2n) is 19.3. The van der Waals surface area contributed by atoms with E-state index in [2.05, 4.69) is 193 Å². The minimum absolute atomic E-state index is 0. The Kier molecular flexibility index (Phi) is 10.1. The summed E-state index contributed by atoms with van der Waals surface area (Å²) in [5, 5.41) is 7.81. The molecule has 0 atom stereocenters. The van der Waals surface area contributed by atoms with Gasteiger partial charge in [-0.3, -0.25) is 4.98 Å². The third-order valence-corrected chi connectivity index (χ3v) is 14.6. The smallest absolute Gasteiger partial charge is 0.135 e. The second-order valence-corrected chi connectivity index (χ2v) is 20.3. The van der Waals surface area contributed by atoms with Crippen LogP contribution < -0.4 is 14.1 Å². The molecule has 7 aromatic carbocycles. The molecule has 0 aliphatic rings. The van der Waals surface area contributed by atoms with E-state index in [1.807, 2.05) is 29.7 Å². The molecule has 0 radical (unpaired) electrons. The zero-order valence-corrected chi connectivity index (χ0v) is 42.1. The van der Waals surface area contributed by atoms with Crippen LogP contribution in [0, 0.1) is 53.7 Å².